The van der Waals surface area contributed by atoms with Crippen LogP contribution < -0.4 is 0 Å². The summed E-state index contributed by atoms with van der Waals surface area (Å²) in [4.78, 5) is 4.39. The Balaban J connectivity index is 1.48. The largest absolute Gasteiger partial charge is 0.338 e. The average molecular weight is 334 g/mol. The van der Waals surface area contributed by atoms with E-state index in [1.807, 2.05) is 18.2 Å². The number of halogens is 1. The fourth-order valence-electron chi connectivity index (χ4n) is 2.13. The molecule has 0 amide bonds. The number of thioether (sulfide) groups is 1. The van der Waals surface area contributed by atoms with Crippen molar-refractivity contribution in [1.29, 1.82) is 0 Å². The van der Waals surface area contributed by atoms with Crippen LogP contribution >= 0.6 is 23.4 Å². The first-order valence-corrected chi connectivity index (χ1v) is 8.27. The van der Waals surface area contributed by atoms with Crippen LogP contribution in [0.4, 0.5) is 0 Å². The van der Waals surface area contributed by atoms with Crippen LogP contribution in [-0.4, -0.2) is 24.9 Å². The minimum Gasteiger partial charge on any atom is -0.338 e. The molecule has 4 rings (SSSR count). The molecule has 1 saturated carbocycles. The lowest BCUT2D eigenvalue weighted by molar-refractivity contribution is 0.391. The second-order valence-corrected chi connectivity index (χ2v) is 6.38. The lowest BCUT2D eigenvalue weighted by atomic mass is 10.2. The molecule has 8 heteroatoms. The molecule has 3 aromatic rings. The van der Waals surface area contributed by atoms with E-state index in [0.717, 1.165) is 10.7 Å². The summed E-state index contributed by atoms with van der Waals surface area (Å²) in [6, 6.07) is 7.99. The standard InChI is InChI=1S/C14H12ClN5OS/c15-11-4-2-1-3-10(11)13-17-12(21-19-13)7-22-14-18-16-8-20(14)9-5-6-9/h1-4,8-9H,5-7H2. The summed E-state index contributed by atoms with van der Waals surface area (Å²) >= 11 is 7.69. The SMILES string of the molecule is Clc1ccccc1-c1noc(CSc2nncn2C2CC2)n1. The number of hydrogen-bond acceptors (Lipinski definition) is 6. The van der Waals surface area contributed by atoms with Crippen molar-refractivity contribution in [3.8, 4) is 11.4 Å². The zero-order chi connectivity index (χ0) is 14.9. The molecule has 22 heavy (non-hydrogen) atoms. The molecule has 1 aliphatic carbocycles. The third-order valence-electron chi connectivity index (χ3n) is 3.39. The Morgan fingerprint density at radius 2 is 2.18 bits per heavy atom. The Labute approximate surface area is 135 Å². The highest BCUT2D eigenvalue weighted by atomic mass is 35.5. The van der Waals surface area contributed by atoms with Crippen LogP contribution in [0.25, 0.3) is 11.4 Å². The summed E-state index contributed by atoms with van der Waals surface area (Å²) < 4.78 is 7.40. The van der Waals surface area contributed by atoms with Gasteiger partial charge in [0.05, 0.1) is 10.8 Å². The van der Waals surface area contributed by atoms with Gasteiger partial charge in [0, 0.05) is 11.6 Å². The summed E-state index contributed by atoms with van der Waals surface area (Å²) in [7, 11) is 0. The number of hydrogen-bond donors (Lipinski definition) is 0. The maximum atomic E-state index is 6.14. The van der Waals surface area contributed by atoms with Crippen LogP contribution in [0, 0.1) is 0 Å². The molecule has 0 saturated heterocycles. The smallest absolute Gasteiger partial charge is 0.237 e. The van der Waals surface area contributed by atoms with Gasteiger partial charge < -0.3 is 9.09 Å². The van der Waals surface area contributed by atoms with Crippen LogP contribution in [0.3, 0.4) is 0 Å². The predicted octanol–water partition coefficient (Wildman–Crippen LogP) is 3.61. The van der Waals surface area contributed by atoms with Crippen LogP contribution in [0.1, 0.15) is 24.8 Å². The normalized spacial score (nSPS) is 14.4. The maximum absolute atomic E-state index is 6.14. The highest BCUT2D eigenvalue weighted by Crippen LogP contribution is 2.37. The van der Waals surface area contributed by atoms with E-state index < -0.39 is 0 Å². The Bertz CT molecular complexity index is 798. The van der Waals surface area contributed by atoms with Crippen molar-refractivity contribution in [2.75, 3.05) is 0 Å². The minimum atomic E-state index is 0.504. The summed E-state index contributed by atoms with van der Waals surface area (Å²) in [6.07, 6.45) is 4.18. The van der Waals surface area contributed by atoms with E-state index in [2.05, 4.69) is 24.9 Å². The Morgan fingerprint density at radius 3 is 3.00 bits per heavy atom. The molecule has 2 aromatic heterocycles. The fourth-order valence-corrected chi connectivity index (χ4v) is 3.17. The van der Waals surface area contributed by atoms with Crippen LogP contribution in [0.15, 0.2) is 40.3 Å². The van der Waals surface area contributed by atoms with Crippen LogP contribution in [-0.2, 0) is 5.75 Å². The first-order valence-electron chi connectivity index (χ1n) is 6.91. The Hall–Kier alpha value is -1.86. The van der Waals surface area contributed by atoms with Gasteiger partial charge in [-0.05, 0) is 25.0 Å². The van der Waals surface area contributed by atoms with Gasteiger partial charge in [-0.25, -0.2) is 0 Å². The molecule has 0 radical (unpaired) electrons. The molecule has 0 atom stereocenters. The van der Waals surface area contributed by atoms with Crippen molar-refractivity contribution in [3.63, 3.8) is 0 Å². The van der Waals surface area contributed by atoms with E-state index in [4.69, 9.17) is 16.1 Å². The zero-order valence-electron chi connectivity index (χ0n) is 11.5. The quantitative estimate of drug-likeness (QED) is 0.664. The van der Waals surface area contributed by atoms with Crippen molar-refractivity contribution in [2.24, 2.45) is 0 Å². The van der Waals surface area contributed by atoms with Crippen molar-refractivity contribution >= 4 is 23.4 Å². The highest BCUT2D eigenvalue weighted by Gasteiger charge is 2.26. The first kappa shape index (κ1) is 13.8. The average Bonchev–Trinajstić information content (AvgIpc) is 3.09. The number of aromatic nitrogens is 5. The van der Waals surface area contributed by atoms with E-state index in [-0.39, 0.29) is 0 Å². The van der Waals surface area contributed by atoms with Crippen LogP contribution in [0.5, 0.6) is 0 Å². The van der Waals surface area contributed by atoms with Gasteiger partial charge in [-0.15, -0.1) is 10.2 Å². The third-order valence-corrected chi connectivity index (χ3v) is 4.66. The van der Waals surface area contributed by atoms with Gasteiger partial charge in [0.2, 0.25) is 11.7 Å². The molecule has 0 unspecified atom stereocenters. The molecule has 6 nitrogen and oxygen atoms in total. The summed E-state index contributed by atoms with van der Waals surface area (Å²) in [5.74, 6) is 1.61. The molecule has 0 bridgehead atoms. The Morgan fingerprint density at radius 1 is 1.32 bits per heavy atom. The highest BCUT2D eigenvalue weighted by molar-refractivity contribution is 7.98. The summed E-state index contributed by atoms with van der Waals surface area (Å²) in [5, 5.41) is 13.6. The van der Waals surface area contributed by atoms with E-state index >= 15 is 0 Å². The van der Waals surface area contributed by atoms with E-state index in [1.165, 1.54) is 12.8 Å². The lowest BCUT2D eigenvalue weighted by Crippen LogP contribution is -1.94. The van der Waals surface area contributed by atoms with Gasteiger partial charge in [-0.2, -0.15) is 4.98 Å². The molecule has 1 aliphatic rings. The zero-order valence-corrected chi connectivity index (χ0v) is 13.1. The minimum absolute atomic E-state index is 0.504. The molecule has 1 fully saturated rings. The van der Waals surface area contributed by atoms with Crippen molar-refractivity contribution in [3.05, 3.63) is 41.5 Å². The number of benzene rings is 1. The molecule has 1 aromatic carbocycles. The van der Waals surface area contributed by atoms with Crippen molar-refractivity contribution in [2.45, 2.75) is 29.8 Å². The van der Waals surface area contributed by atoms with Gasteiger partial charge in [-0.3, -0.25) is 0 Å². The maximum Gasteiger partial charge on any atom is 0.237 e. The number of rotatable bonds is 5. The molecular weight excluding hydrogens is 322 g/mol. The molecule has 112 valence electrons. The second-order valence-electron chi connectivity index (χ2n) is 5.03. The van der Waals surface area contributed by atoms with Gasteiger partial charge >= 0.3 is 0 Å². The van der Waals surface area contributed by atoms with Gasteiger partial charge in [0.25, 0.3) is 0 Å². The van der Waals surface area contributed by atoms with E-state index in [1.54, 1.807) is 24.2 Å². The van der Waals surface area contributed by atoms with Crippen LogP contribution in [0.2, 0.25) is 5.02 Å². The first-order chi connectivity index (χ1) is 10.8. The molecule has 0 spiro atoms. The van der Waals surface area contributed by atoms with E-state index in [0.29, 0.717) is 28.5 Å². The molecule has 0 N–H and O–H groups in total. The molecule has 2 heterocycles. The topological polar surface area (TPSA) is 69.6 Å². The van der Waals surface area contributed by atoms with Crippen molar-refractivity contribution in [1.82, 2.24) is 24.9 Å². The third kappa shape index (κ3) is 2.74. The molecule has 0 aliphatic heterocycles. The van der Waals surface area contributed by atoms with E-state index in [9.17, 15) is 0 Å². The summed E-state index contributed by atoms with van der Waals surface area (Å²) in [5.41, 5.74) is 0.769. The predicted molar refractivity (Wildman–Crippen MR) is 82.6 cm³/mol. The molecular formula is C14H12ClN5OS. The van der Waals surface area contributed by atoms with Crippen molar-refractivity contribution < 1.29 is 4.52 Å². The van der Waals surface area contributed by atoms with Gasteiger partial charge in [0.15, 0.2) is 5.16 Å². The lowest BCUT2D eigenvalue weighted by Gasteiger charge is -2.01. The Kier molecular flexibility index (Phi) is 3.59. The van der Waals surface area contributed by atoms with Gasteiger partial charge in [-0.1, -0.05) is 40.7 Å². The van der Waals surface area contributed by atoms with Gasteiger partial charge in [0.1, 0.15) is 6.33 Å². The summed E-state index contributed by atoms with van der Waals surface area (Å²) in [6.45, 7) is 0. The second kappa shape index (κ2) is 5.73. The number of nitrogens with zero attached hydrogens (tertiary/aromatic N) is 5. The monoisotopic (exact) mass is 333 g/mol. The fraction of sp³-hybridized carbons (Fsp3) is 0.286.